The van der Waals surface area contributed by atoms with Crippen LogP contribution >= 0.6 is 0 Å². The third kappa shape index (κ3) is 5.47. The van der Waals surface area contributed by atoms with Crippen LogP contribution in [0.5, 0.6) is 0 Å². The van der Waals surface area contributed by atoms with Gasteiger partial charge in [0, 0.05) is 13.0 Å². The highest BCUT2D eigenvalue weighted by Crippen LogP contribution is 2.34. The lowest BCUT2D eigenvalue weighted by atomic mass is 9.90. The molecule has 2 aliphatic rings. The Hall–Kier alpha value is -1.06. The zero-order chi connectivity index (χ0) is 22.7. The van der Waals surface area contributed by atoms with Gasteiger partial charge in [-0.2, -0.15) is 0 Å². The second kappa shape index (κ2) is 10.7. The molecule has 0 spiro atoms. The van der Waals surface area contributed by atoms with Gasteiger partial charge in [-0.15, -0.1) is 0 Å². The molecule has 2 saturated heterocycles. The zero-order valence-corrected chi connectivity index (χ0v) is 19.8. The van der Waals surface area contributed by atoms with E-state index in [1.165, 1.54) is 0 Å². The number of hydrogen-bond acceptors (Lipinski definition) is 7. The summed E-state index contributed by atoms with van der Waals surface area (Å²) in [5.74, 6) is 0.129. The van der Waals surface area contributed by atoms with Crippen LogP contribution in [-0.2, 0) is 30.3 Å². The molecule has 0 aliphatic carbocycles. The zero-order valence-electron chi connectivity index (χ0n) is 19.8. The third-order valence-electron chi connectivity index (χ3n) is 6.70. The molecule has 7 heteroatoms. The Labute approximate surface area is 186 Å². The number of aliphatic hydroxyl groups is 1. The predicted octanol–water partition coefficient (Wildman–Crippen LogP) is 2.45. The molecule has 0 radical (unpaired) electrons. The Morgan fingerprint density at radius 2 is 1.58 bits per heavy atom. The average molecular weight is 438 g/mol. The highest BCUT2D eigenvalue weighted by Gasteiger charge is 2.49. The Bertz CT molecular complexity index is 673. The second-order valence-electron chi connectivity index (χ2n) is 9.12. The molecule has 1 aromatic rings. The minimum absolute atomic E-state index is 0.0707. The molecule has 0 bridgehead atoms. The van der Waals surface area contributed by atoms with Gasteiger partial charge in [-0.25, -0.2) is 0 Å². The maximum Gasteiger partial charge on any atom is 0.187 e. The Morgan fingerprint density at radius 1 is 0.903 bits per heavy atom. The van der Waals surface area contributed by atoms with Gasteiger partial charge in [0.05, 0.1) is 43.2 Å². The van der Waals surface area contributed by atoms with Crippen LogP contribution in [0.4, 0.5) is 0 Å². The van der Waals surface area contributed by atoms with E-state index in [1.807, 2.05) is 58.0 Å². The van der Waals surface area contributed by atoms with Gasteiger partial charge >= 0.3 is 0 Å². The normalized spacial score (nSPS) is 41.5. The van der Waals surface area contributed by atoms with Crippen molar-refractivity contribution in [2.24, 2.45) is 5.92 Å². The number of methoxy groups -OCH3 is 1. The number of hydrogen-bond donors (Lipinski definition) is 1. The van der Waals surface area contributed by atoms with Crippen LogP contribution in [0.15, 0.2) is 30.3 Å². The van der Waals surface area contributed by atoms with Crippen molar-refractivity contribution in [3.05, 3.63) is 35.9 Å². The first-order chi connectivity index (χ1) is 14.7. The highest BCUT2D eigenvalue weighted by molar-refractivity contribution is 5.13. The van der Waals surface area contributed by atoms with Crippen LogP contribution in [0.25, 0.3) is 0 Å². The van der Waals surface area contributed by atoms with Crippen LogP contribution in [0, 0.1) is 5.92 Å². The van der Waals surface area contributed by atoms with Crippen molar-refractivity contribution in [2.45, 2.75) is 89.4 Å². The summed E-state index contributed by atoms with van der Waals surface area (Å²) in [6.45, 7) is 8.51. The van der Waals surface area contributed by atoms with Crippen molar-refractivity contribution >= 4 is 0 Å². The minimum Gasteiger partial charge on any atom is -0.389 e. The average Bonchev–Trinajstić information content (AvgIpc) is 2.73. The van der Waals surface area contributed by atoms with Crippen molar-refractivity contribution in [1.29, 1.82) is 0 Å². The summed E-state index contributed by atoms with van der Waals surface area (Å²) in [4.78, 5) is 1.99. The molecule has 1 N–H and O–H groups in total. The Balaban J connectivity index is 1.77. The Kier molecular flexibility index (Phi) is 8.49. The van der Waals surface area contributed by atoms with Gasteiger partial charge in [0.25, 0.3) is 0 Å². The predicted molar refractivity (Wildman–Crippen MR) is 118 cm³/mol. The van der Waals surface area contributed by atoms with Gasteiger partial charge in [-0.3, -0.25) is 0 Å². The van der Waals surface area contributed by atoms with Gasteiger partial charge in [-0.05, 0) is 40.4 Å². The molecule has 31 heavy (non-hydrogen) atoms. The maximum atomic E-state index is 10.8. The summed E-state index contributed by atoms with van der Waals surface area (Å²) in [6.07, 6.45) is -2.81. The van der Waals surface area contributed by atoms with E-state index >= 15 is 0 Å². The number of nitrogens with zero attached hydrogens (tertiary/aromatic N) is 1. The first-order valence-electron chi connectivity index (χ1n) is 11.2. The molecule has 2 aliphatic heterocycles. The Morgan fingerprint density at radius 3 is 2.19 bits per heavy atom. The summed E-state index contributed by atoms with van der Waals surface area (Å²) in [5, 5.41) is 10.8. The van der Waals surface area contributed by atoms with Crippen LogP contribution in [0.3, 0.4) is 0 Å². The van der Waals surface area contributed by atoms with Gasteiger partial charge in [0.15, 0.2) is 6.29 Å². The van der Waals surface area contributed by atoms with E-state index in [0.717, 1.165) is 5.56 Å². The van der Waals surface area contributed by atoms with E-state index in [2.05, 4.69) is 19.1 Å². The summed E-state index contributed by atoms with van der Waals surface area (Å²) < 4.78 is 30.9. The maximum absolute atomic E-state index is 10.8. The van der Waals surface area contributed by atoms with Gasteiger partial charge in [0.2, 0.25) is 0 Å². The molecule has 0 amide bonds. The second-order valence-corrected chi connectivity index (χ2v) is 9.12. The molecule has 176 valence electrons. The molecule has 1 unspecified atom stereocenters. The molecule has 1 aromatic carbocycles. The van der Waals surface area contributed by atoms with Crippen molar-refractivity contribution in [1.82, 2.24) is 4.90 Å². The number of benzene rings is 1. The topological polar surface area (TPSA) is 69.6 Å². The summed E-state index contributed by atoms with van der Waals surface area (Å²) in [6, 6.07) is 9.88. The van der Waals surface area contributed by atoms with Crippen LogP contribution in [-0.4, -0.2) is 86.3 Å². The minimum atomic E-state index is -0.665. The smallest absolute Gasteiger partial charge is 0.187 e. The van der Waals surface area contributed by atoms with E-state index in [-0.39, 0.29) is 42.5 Å². The van der Waals surface area contributed by atoms with Crippen LogP contribution in [0.1, 0.15) is 33.3 Å². The molecule has 10 atom stereocenters. The molecule has 0 aromatic heterocycles. The fourth-order valence-corrected chi connectivity index (χ4v) is 4.69. The SMILES string of the molecule is CO[C@H]1[C@H](O[C@H]2[C@H](N(C)C)[C@@H](O)C(C)O[C@@H]2C)O[C@H](C)[C@@H](C)[C@@H]1OCc1ccccc1. The number of likely N-dealkylation sites (N-methyl/N-ethyl adjacent to an activating group) is 1. The van der Waals surface area contributed by atoms with E-state index in [9.17, 15) is 5.11 Å². The molecular formula is C24H39NO6. The molecule has 3 rings (SSSR count). The monoisotopic (exact) mass is 437 g/mol. The summed E-state index contributed by atoms with van der Waals surface area (Å²) in [7, 11) is 5.55. The lowest BCUT2D eigenvalue weighted by Crippen LogP contribution is -2.64. The van der Waals surface area contributed by atoms with Crippen LogP contribution in [0.2, 0.25) is 0 Å². The van der Waals surface area contributed by atoms with E-state index < -0.39 is 18.5 Å². The van der Waals surface area contributed by atoms with Gasteiger partial charge in [0.1, 0.15) is 12.2 Å². The van der Waals surface area contributed by atoms with Crippen molar-refractivity contribution in [2.75, 3.05) is 21.2 Å². The van der Waals surface area contributed by atoms with E-state index in [1.54, 1.807) is 7.11 Å². The third-order valence-corrected chi connectivity index (χ3v) is 6.70. The summed E-state index contributed by atoms with van der Waals surface area (Å²) >= 11 is 0. The molecule has 2 heterocycles. The number of ether oxygens (including phenoxy) is 5. The van der Waals surface area contributed by atoms with Gasteiger partial charge < -0.3 is 33.7 Å². The van der Waals surface area contributed by atoms with E-state index in [4.69, 9.17) is 23.7 Å². The molecule has 0 saturated carbocycles. The van der Waals surface area contributed by atoms with E-state index in [0.29, 0.717) is 6.61 Å². The fourth-order valence-electron chi connectivity index (χ4n) is 4.69. The number of aliphatic hydroxyl groups excluding tert-OH is 1. The lowest BCUT2D eigenvalue weighted by Gasteiger charge is -2.49. The van der Waals surface area contributed by atoms with Gasteiger partial charge in [-0.1, -0.05) is 37.3 Å². The molecular weight excluding hydrogens is 398 g/mol. The largest absolute Gasteiger partial charge is 0.389 e. The lowest BCUT2D eigenvalue weighted by molar-refractivity contribution is -0.328. The number of rotatable bonds is 7. The molecule has 7 nitrogen and oxygen atoms in total. The highest BCUT2D eigenvalue weighted by atomic mass is 16.7. The van der Waals surface area contributed by atoms with Crippen LogP contribution < -0.4 is 0 Å². The summed E-state index contributed by atoms with van der Waals surface area (Å²) in [5.41, 5.74) is 1.11. The first kappa shape index (κ1) is 24.6. The quantitative estimate of drug-likeness (QED) is 0.703. The standard InChI is InChI=1S/C24H39NO6/c1-14-15(2)30-24(23(27-7)21(14)28-13-18-11-9-8-10-12-18)31-22-17(4)29-16(3)20(26)19(22)25(5)6/h8-12,14-17,19-24,26H,13H2,1-7H3/t14-,15-,16?,17-,19-,20+,21+,22-,23-,24+/m1/s1. The first-order valence-corrected chi connectivity index (χ1v) is 11.2. The van der Waals surface area contributed by atoms with Crippen molar-refractivity contribution < 1.29 is 28.8 Å². The van der Waals surface area contributed by atoms with Crippen molar-refractivity contribution in [3.8, 4) is 0 Å². The van der Waals surface area contributed by atoms with Crippen molar-refractivity contribution in [3.63, 3.8) is 0 Å². The molecule has 2 fully saturated rings. The fraction of sp³-hybridized carbons (Fsp3) is 0.750.